The first kappa shape index (κ1) is 15.9. The molecule has 6 nitrogen and oxygen atoms in total. The third-order valence-electron chi connectivity index (χ3n) is 3.39. The van der Waals surface area contributed by atoms with Gasteiger partial charge >= 0.3 is 5.97 Å². The molecule has 1 aliphatic heterocycles. The highest BCUT2D eigenvalue weighted by Crippen LogP contribution is 2.14. The van der Waals surface area contributed by atoms with E-state index in [4.69, 9.17) is 9.84 Å². The lowest BCUT2D eigenvalue weighted by Gasteiger charge is -2.11. The Labute approximate surface area is 124 Å². The van der Waals surface area contributed by atoms with Crippen LogP contribution in [-0.4, -0.2) is 38.7 Å². The smallest absolute Gasteiger partial charge is 0.303 e. The first-order valence-electron chi connectivity index (χ1n) is 6.89. The van der Waals surface area contributed by atoms with Gasteiger partial charge in [-0.3, -0.25) is 4.79 Å². The zero-order valence-corrected chi connectivity index (χ0v) is 12.4. The normalized spacial score (nSPS) is 18.8. The van der Waals surface area contributed by atoms with Gasteiger partial charge in [-0.05, 0) is 37.0 Å². The molecular formula is C14H19NO5S. The molecule has 0 aromatic heterocycles. The fourth-order valence-corrected chi connectivity index (χ4v) is 3.24. The Bertz CT molecular complexity index is 576. The van der Waals surface area contributed by atoms with Gasteiger partial charge in [0.1, 0.15) is 0 Å². The second-order valence-corrected chi connectivity index (χ2v) is 6.79. The summed E-state index contributed by atoms with van der Waals surface area (Å²) in [5.41, 5.74) is 0.801. The topological polar surface area (TPSA) is 92.7 Å². The van der Waals surface area contributed by atoms with Crippen molar-refractivity contribution < 1.29 is 23.1 Å². The van der Waals surface area contributed by atoms with E-state index < -0.39 is 16.0 Å². The zero-order valence-electron chi connectivity index (χ0n) is 11.6. The molecule has 1 aromatic rings. The molecule has 0 saturated carbocycles. The number of hydrogen-bond donors (Lipinski definition) is 2. The summed E-state index contributed by atoms with van der Waals surface area (Å²) in [5, 5.41) is 8.61. The molecule has 1 aliphatic rings. The number of aliphatic carboxylic acids is 1. The maximum atomic E-state index is 12.1. The third-order valence-corrected chi connectivity index (χ3v) is 4.83. The number of rotatable bonds is 7. The average molecular weight is 313 g/mol. The molecular weight excluding hydrogens is 294 g/mol. The van der Waals surface area contributed by atoms with Gasteiger partial charge in [0.15, 0.2) is 0 Å². The lowest BCUT2D eigenvalue weighted by Crippen LogP contribution is -2.31. The highest BCUT2D eigenvalue weighted by molar-refractivity contribution is 7.89. The molecule has 1 saturated heterocycles. The summed E-state index contributed by atoms with van der Waals surface area (Å²) >= 11 is 0. The summed E-state index contributed by atoms with van der Waals surface area (Å²) in [6.45, 7) is 0.966. The fourth-order valence-electron chi connectivity index (χ4n) is 2.18. The monoisotopic (exact) mass is 313 g/mol. The summed E-state index contributed by atoms with van der Waals surface area (Å²) in [5.74, 6) is -0.870. The number of carboxylic acids is 1. The van der Waals surface area contributed by atoms with Crippen LogP contribution in [0.15, 0.2) is 29.2 Å². The molecule has 21 heavy (non-hydrogen) atoms. The Hall–Kier alpha value is -1.44. The Morgan fingerprint density at radius 2 is 2.05 bits per heavy atom. The summed E-state index contributed by atoms with van der Waals surface area (Å²) in [7, 11) is -3.54. The highest BCUT2D eigenvalue weighted by Gasteiger charge is 2.20. The second-order valence-electron chi connectivity index (χ2n) is 5.02. The molecule has 1 heterocycles. The van der Waals surface area contributed by atoms with Gasteiger partial charge in [0.25, 0.3) is 0 Å². The van der Waals surface area contributed by atoms with E-state index in [1.54, 1.807) is 12.1 Å². The van der Waals surface area contributed by atoms with Crippen LogP contribution in [0.1, 0.15) is 24.8 Å². The van der Waals surface area contributed by atoms with E-state index in [0.29, 0.717) is 13.0 Å². The first-order chi connectivity index (χ1) is 9.97. The van der Waals surface area contributed by atoms with Crippen molar-refractivity contribution in [2.24, 2.45) is 0 Å². The molecule has 0 spiro atoms. The standard InChI is InChI=1S/C14H19NO5S/c16-14(17)8-5-11-3-6-13(7-4-11)21(18,19)15-10-12-2-1-9-20-12/h3-4,6-7,12,15H,1-2,5,8-10H2,(H,16,17). The van der Waals surface area contributed by atoms with Crippen LogP contribution >= 0.6 is 0 Å². The molecule has 1 unspecified atom stereocenters. The minimum atomic E-state index is -3.54. The van der Waals surface area contributed by atoms with E-state index in [0.717, 1.165) is 18.4 Å². The van der Waals surface area contributed by atoms with Crippen LogP contribution in [0.3, 0.4) is 0 Å². The van der Waals surface area contributed by atoms with Crippen molar-refractivity contribution in [3.05, 3.63) is 29.8 Å². The Morgan fingerprint density at radius 3 is 2.62 bits per heavy atom. The molecule has 0 amide bonds. The molecule has 2 rings (SSSR count). The first-order valence-corrected chi connectivity index (χ1v) is 8.38. The molecule has 1 fully saturated rings. The Morgan fingerprint density at radius 1 is 1.33 bits per heavy atom. The predicted octanol–water partition coefficient (Wildman–Crippen LogP) is 1.16. The quantitative estimate of drug-likeness (QED) is 0.788. The Balaban J connectivity index is 1.94. The summed E-state index contributed by atoms with van der Waals surface area (Å²) in [6.07, 6.45) is 2.21. The van der Waals surface area contributed by atoms with E-state index in [9.17, 15) is 13.2 Å². The van der Waals surface area contributed by atoms with E-state index >= 15 is 0 Å². The van der Waals surface area contributed by atoms with Crippen molar-refractivity contribution in [3.63, 3.8) is 0 Å². The largest absolute Gasteiger partial charge is 0.481 e. The summed E-state index contributed by atoms with van der Waals surface area (Å²) in [4.78, 5) is 10.7. The third kappa shape index (κ3) is 4.80. The van der Waals surface area contributed by atoms with Crippen molar-refractivity contribution in [3.8, 4) is 0 Å². The van der Waals surface area contributed by atoms with Gasteiger partial charge in [-0.25, -0.2) is 13.1 Å². The minimum Gasteiger partial charge on any atom is -0.481 e. The van der Waals surface area contributed by atoms with Crippen LogP contribution in [0.5, 0.6) is 0 Å². The van der Waals surface area contributed by atoms with Gasteiger partial charge in [0.2, 0.25) is 10.0 Å². The van der Waals surface area contributed by atoms with Crippen LogP contribution in [0.4, 0.5) is 0 Å². The van der Waals surface area contributed by atoms with Crippen molar-refractivity contribution >= 4 is 16.0 Å². The average Bonchev–Trinajstić information content (AvgIpc) is 2.97. The number of benzene rings is 1. The fraction of sp³-hybridized carbons (Fsp3) is 0.500. The van der Waals surface area contributed by atoms with Crippen LogP contribution in [0.25, 0.3) is 0 Å². The molecule has 1 aromatic carbocycles. The lowest BCUT2D eigenvalue weighted by molar-refractivity contribution is -0.136. The number of sulfonamides is 1. The maximum Gasteiger partial charge on any atom is 0.303 e. The van der Waals surface area contributed by atoms with Crippen molar-refractivity contribution in [2.45, 2.75) is 36.7 Å². The van der Waals surface area contributed by atoms with E-state index in [2.05, 4.69) is 4.72 Å². The number of ether oxygens (including phenoxy) is 1. The summed E-state index contributed by atoms with van der Waals surface area (Å²) < 4.78 is 32.1. The van der Waals surface area contributed by atoms with Crippen LogP contribution in [0.2, 0.25) is 0 Å². The van der Waals surface area contributed by atoms with Gasteiger partial charge in [-0.15, -0.1) is 0 Å². The Kier molecular flexibility index (Phi) is 5.33. The minimum absolute atomic E-state index is 0.0311. The SMILES string of the molecule is O=C(O)CCc1ccc(S(=O)(=O)NCC2CCCO2)cc1. The van der Waals surface area contributed by atoms with Crippen molar-refractivity contribution in [1.29, 1.82) is 0 Å². The highest BCUT2D eigenvalue weighted by atomic mass is 32.2. The van der Waals surface area contributed by atoms with Gasteiger partial charge in [0.05, 0.1) is 11.0 Å². The number of aryl methyl sites for hydroxylation is 1. The van der Waals surface area contributed by atoms with Crippen LogP contribution < -0.4 is 4.72 Å². The zero-order chi connectivity index (χ0) is 15.3. The van der Waals surface area contributed by atoms with Gasteiger partial charge in [-0.1, -0.05) is 12.1 Å². The van der Waals surface area contributed by atoms with Crippen molar-refractivity contribution in [1.82, 2.24) is 4.72 Å². The molecule has 116 valence electrons. The number of carboxylic acid groups (broad SMARTS) is 1. The number of hydrogen-bond acceptors (Lipinski definition) is 4. The molecule has 1 atom stereocenters. The van der Waals surface area contributed by atoms with Crippen molar-refractivity contribution in [2.75, 3.05) is 13.2 Å². The second kappa shape index (κ2) is 7.02. The number of carbonyl (C=O) groups is 1. The molecule has 0 radical (unpaired) electrons. The van der Waals surface area contributed by atoms with Gasteiger partial charge < -0.3 is 9.84 Å². The van der Waals surface area contributed by atoms with Gasteiger partial charge in [0, 0.05) is 19.6 Å². The molecule has 0 aliphatic carbocycles. The maximum absolute atomic E-state index is 12.1. The van der Waals surface area contributed by atoms with Gasteiger partial charge in [-0.2, -0.15) is 0 Å². The molecule has 2 N–H and O–H groups in total. The van der Waals surface area contributed by atoms with E-state index in [1.165, 1.54) is 12.1 Å². The van der Waals surface area contributed by atoms with E-state index in [1.807, 2.05) is 0 Å². The van der Waals surface area contributed by atoms with E-state index in [-0.39, 0.29) is 24.0 Å². The van der Waals surface area contributed by atoms with Crippen LogP contribution in [0, 0.1) is 0 Å². The lowest BCUT2D eigenvalue weighted by atomic mass is 10.1. The molecule has 0 bridgehead atoms. The molecule has 7 heteroatoms. The predicted molar refractivity (Wildman–Crippen MR) is 76.6 cm³/mol. The number of nitrogens with one attached hydrogen (secondary N) is 1. The summed E-state index contributed by atoms with van der Waals surface area (Å²) in [6, 6.07) is 6.27. The van der Waals surface area contributed by atoms with Crippen LogP contribution in [-0.2, 0) is 26.0 Å².